The van der Waals surface area contributed by atoms with Crippen LogP contribution in [0.4, 0.5) is 0 Å². The Hall–Kier alpha value is -0.910. The molecule has 5 heteroatoms. The third kappa shape index (κ3) is 3.05. The zero-order valence-corrected chi connectivity index (χ0v) is 12.9. The Balaban J connectivity index is 1.49. The van der Waals surface area contributed by atoms with Crippen molar-refractivity contribution in [1.29, 1.82) is 0 Å². The number of nitrogens with zero attached hydrogens (tertiary/aromatic N) is 2. The molecule has 1 aromatic heterocycles. The molecule has 1 N–H and O–H groups in total. The van der Waals surface area contributed by atoms with Gasteiger partial charge in [0.05, 0.1) is 13.1 Å². The molecule has 0 aromatic carbocycles. The molecule has 3 heterocycles. The molecule has 0 radical (unpaired) electrons. The van der Waals surface area contributed by atoms with Gasteiger partial charge in [-0.2, -0.15) is 0 Å². The van der Waals surface area contributed by atoms with E-state index in [0.29, 0.717) is 12.0 Å². The Bertz CT molecular complexity index is 454. The predicted molar refractivity (Wildman–Crippen MR) is 81.8 cm³/mol. The first-order valence-corrected chi connectivity index (χ1v) is 8.24. The van der Waals surface area contributed by atoms with Crippen molar-refractivity contribution >= 4 is 17.2 Å². The summed E-state index contributed by atoms with van der Waals surface area (Å²) < 4.78 is 0. The molecule has 2 fully saturated rings. The molecule has 1 unspecified atom stereocenters. The molecule has 2 aliphatic heterocycles. The number of likely N-dealkylation sites (N-methyl/N-ethyl adjacent to an activating group) is 1. The molecule has 2 aliphatic rings. The van der Waals surface area contributed by atoms with Gasteiger partial charge in [-0.15, -0.1) is 11.3 Å². The summed E-state index contributed by atoms with van der Waals surface area (Å²) in [5.41, 5.74) is 0.451. The monoisotopic (exact) mass is 293 g/mol. The van der Waals surface area contributed by atoms with Gasteiger partial charge in [-0.05, 0) is 42.8 Å². The third-order valence-electron chi connectivity index (χ3n) is 4.61. The van der Waals surface area contributed by atoms with Gasteiger partial charge in [-0.3, -0.25) is 9.69 Å². The van der Waals surface area contributed by atoms with Crippen LogP contribution in [-0.4, -0.2) is 55.5 Å². The van der Waals surface area contributed by atoms with Gasteiger partial charge in [0.2, 0.25) is 5.91 Å². The first-order chi connectivity index (χ1) is 9.67. The number of carbonyl (C=O) groups excluding carboxylic acids is 1. The van der Waals surface area contributed by atoms with E-state index in [1.807, 2.05) is 18.0 Å². The first-order valence-electron chi connectivity index (χ1n) is 7.36. The molecule has 1 aromatic rings. The molecule has 20 heavy (non-hydrogen) atoms. The maximum Gasteiger partial charge on any atom is 0.236 e. The molecule has 110 valence electrons. The highest BCUT2D eigenvalue weighted by atomic mass is 32.1. The molecule has 1 amide bonds. The smallest absolute Gasteiger partial charge is 0.236 e. The summed E-state index contributed by atoms with van der Waals surface area (Å²) in [5.74, 6) is 0.237. The second-order valence-corrected chi connectivity index (χ2v) is 7.25. The van der Waals surface area contributed by atoms with Crippen LogP contribution in [-0.2, 0) is 11.3 Å². The van der Waals surface area contributed by atoms with Gasteiger partial charge in [0.25, 0.3) is 0 Å². The van der Waals surface area contributed by atoms with E-state index in [-0.39, 0.29) is 5.91 Å². The van der Waals surface area contributed by atoms with Crippen molar-refractivity contribution in [2.24, 2.45) is 5.41 Å². The fourth-order valence-corrected chi connectivity index (χ4v) is 4.10. The molecule has 1 spiro atoms. The van der Waals surface area contributed by atoms with Crippen molar-refractivity contribution < 1.29 is 4.79 Å². The average molecular weight is 293 g/mol. The van der Waals surface area contributed by atoms with Crippen LogP contribution in [0.15, 0.2) is 17.5 Å². The molecular formula is C15H23N3OS. The minimum absolute atomic E-state index is 0.237. The van der Waals surface area contributed by atoms with E-state index in [2.05, 4.69) is 21.7 Å². The van der Waals surface area contributed by atoms with E-state index < -0.39 is 0 Å². The molecule has 2 saturated heterocycles. The number of nitrogens with one attached hydrogen (secondary N) is 1. The van der Waals surface area contributed by atoms with E-state index in [9.17, 15) is 4.79 Å². The maximum atomic E-state index is 12.3. The number of thiophene rings is 1. The summed E-state index contributed by atoms with van der Waals surface area (Å²) in [6.07, 6.45) is 2.50. The number of hydrogen-bond acceptors (Lipinski definition) is 4. The van der Waals surface area contributed by atoms with Crippen LogP contribution in [0.2, 0.25) is 0 Å². The Kier molecular flexibility index (Phi) is 4.10. The van der Waals surface area contributed by atoms with Crippen LogP contribution in [0.1, 0.15) is 17.7 Å². The van der Waals surface area contributed by atoms with Crippen LogP contribution in [0.3, 0.4) is 0 Å². The summed E-state index contributed by atoms with van der Waals surface area (Å²) in [6, 6.07) is 4.12. The Labute approximate surface area is 124 Å². The highest BCUT2D eigenvalue weighted by Crippen LogP contribution is 2.35. The van der Waals surface area contributed by atoms with Gasteiger partial charge in [0, 0.05) is 25.0 Å². The van der Waals surface area contributed by atoms with Gasteiger partial charge >= 0.3 is 0 Å². The van der Waals surface area contributed by atoms with Crippen LogP contribution in [0.5, 0.6) is 0 Å². The molecule has 0 bridgehead atoms. The lowest BCUT2D eigenvalue weighted by Crippen LogP contribution is -2.38. The fourth-order valence-electron chi connectivity index (χ4n) is 3.34. The summed E-state index contributed by atoms with van der Waals surface area (Å²) in [7, 11) is 1.91. The van der Waals surface area contributed by atoms with Crippen LogP contribution >= 0.6 is 11.3 Å². The van der Waals surface area contributed by atoms with Gasteiger partial charge in [0.15, 0.2) is 0 Å². The summed E-state index contributed by atoms with van der Waals surface area (Å²) in [4.78, 5) is 17.7. The highest BCUT2D eigenvalue weighted by molar-refractivity contribution is 7.09. The second-order valence-electron chi connectivity index (χ2n) is 6.22. The van der Waals surface area contributed by atoms with Crippen molar-refractivity contribution in [3.8, 4) is 0 Å². The van der Waals surface area contributed by atoms with E-state index >= 15 is 0 Å². The normalized spacial score (nSPS) is 26.4. The Morgan fingerprint density at radius 3 is 3.15 bits per heavy atom. The lowest BCUT2D eigenvalue weighted by molar-refractivity contribution is -0.131. The van der Waals surface area contributed by atoms with Crippen molar-refractivity contribution in [1.82, 2.24) is 15.1 Å². The number of amides is 1. The SMILES string of the molecule is CN(Cc1cccs1)C(=O)CN1CCC2(CCNC2)C1. The maximum absolute atomic E-state index is 12.3. The van der Waals surface area contributed by atoms with Crippen LogP contribution in [0.25, 0.3) is 0 Å². The second kappa shape index (κ2) is 5.84. The predicted octanol–water partition coefficient (Wildman–Crippen LogP) is 1.39. The number of likely N-dealkylation sites (tertiary alicyclic amines) is 1. The fraction of sp³-hybridized carbons (Fsp3) is 0.667. The first kappa shape index (κ1) is 14.0. The largest absolute Gasteiger partial charge is 0.340 e. The van der Waals surface area contributed by atoms with E-state index in [1.54, 1.807) is 11.3 Å². The van der Waals surface area contributed by atoms with Crippen molar-refractivity contribution in [3.63, 3.8) is 0 Å². The topological polar surface area (TPSA) is 35.6 Å². The number of rotatable bonds is 4. The lowest BCUT2D eigenvalue weighted by atomic mass is 9.87. The number of hydrogen-bond donors (Lipinski definition) is 1. The van der Waals surface area contributed by atoms with Gasteiger partial charge < -0.3 is 10.2 Å². The van der Waals surface area contributed by atoms with E-state index in [0.717, 1.165) is 32.7 Å². The molecule has 0 aliphatic carbocycles. The van der Waals surface area contributed by atoms with Gasteiger partial charge in [0.1, 0.15) is 0 Å². The quantitative estimate of drug-likeness (QED) is 0.911. The minimum Gasteiger partial charge on any atom is -0.340 e. The highest BCUT2D eigenvalue weighted by Gasteiger charge is 2.40. The van der Waals surface area contributed by atoms with Crippen molar-refractivity contribution in [2.75, 3.05) is 39.8 Å². The molecule has 4 nitrogen and oxygen atoms in total. The molecule has 1 atom stereocenters. The lowest BCUT2D eigenvalue weighted by Gasteiger charge is -2.24. The van der Waals surface area contributed by atoms with Crippen molar-refractivity contribution in [2.45, 2.75) is 19.4 Å². The third-order valence-corrected chi connectivity index (χ3v) is 5.47. The van der Waals surface area contributed by atoms with Gasteiger partial charge in [-0.1, -0.05) is 6.07 Å². The zero-order chi connectivity index (χ0) is 14.0. The minimum atomic E-state index is 0.237. The summed E-state index contributed by atoms with van der Waals surface area (Å²) >= 11 is 1.71. The van der Waals surface area contributed by atoms with Crippen LogP contribution in [0, 0.1) is 5.41 Å². The number of carbonyl (C=O) groups is 1. The van der Waals surface area contributed by atoms with E-state index in [1.165, 1.54) is 17.7 Å². The van der Waals surface area contributed by atoms with Gasteiger partial charge in [-0.25, -0.2) is 0 Å². The van der Waals surface area contributed by atoms with Crippen molar-refractivity contribution in [3.05, 3.63) is 22.4 Å². The van der Waals surface area contributed by atoms with E-state index in [4.69, 9.17) is 0 Å². The Morgan fingerprint density at radius 2 is 2.45 bits per heavy atom. The molecule has 0 saturated carbocycles. The molecule has 3 rings (SSSR count). The summed E-state index contributed by atoms with van der Waals surface area (Å²) in [5, 5.41) is 5.52. The standard InChI is InChI=1S/C15H23N3OS/c1-17(9-13-3-2-8-20-13)14(19)10-18-7-5-15(12-18)4-6-16-11-15/h2-3,8,16H,4-7,9-12H2,1H3. The Morgan fingerprint density at radius 1 is 1.55 bits per heavy atom. The van der Waals surface area contributed by atoms with Crippen LogP contribution < -0.4 is 5.32 Å². The average Bonchev–Trinajstić information content (AvgIpc) is 3.14. The summed E-state index contributed by atoms with van der Waals surface area (Å²) in [6.45, 7) is 5.72. The zero-order valence-electron chi connectivity index (χ0n) is 12.1. The molecular weight excluding hydrogens is 270 g/mol.